The van der Waals surface area contributed by atoms with Crippen LogP contribution in [-0.2, 0) is 0 Å². The summed E-state index contributed by atoms with van der Waals surface area (Å²) in [6, 6.07) is 0.952. The van der Waals surface area contributed by atoms with Crippen LogP contribution in [0.15, 0.2) is 5.16 Å². The lowest BCUT2D eigenvalue weighted by molar-refractivity contribution is 0.234. The van der Waals surface area contributed by atoms with Crippen LogP contribution in [0.4, 0.5) is 0 Å². The molecule has 1 fully saturated rings. The molecule has 1 aliphatic rings. The van der Waals surface area contributed by atoms with Crippen LogP contribution >= 0.6 is 0 Å². The van der Waals surface area contributed by atoms with Gasteiger partial charge in [0.05, 0.1) is 0 Å². The third-order valence-corrected chi connectivity index (χ3v) is 3.96. The molecule has 0 aromatic carbocycles. The molecule has 0 aromatic rings. The predicted molar refractivity (Wildman–Crippen MR) is 71.3 cm³/mol. The Bertz CT molecular complexity index is 243. The van der Waals surface area contributed by atoms with Gasteiger partial charge in [-0.1, -0.05) is 38.3 Å². The number of rotatable bonds is 6. The van der Waals surface area contributed by atoms with Gasteiger partial charge in [-0.3, -0.25) is 0 Å². The van der Waals surface area contributed by atoms with E-state index in [0.717, 1.165) is 12.3 Å². The van der Waals surface area contributed by atoms with E-state index in [0.29, 0.717) is 24.3 Å². The van der Waals surface area contributed by atoms with Crippen molar-refractivity contribution in [2.24, 2.45) is 16.8 Å². The Morgan fingerprint density at radius 2 is 2.12 bits per heavy atom. The zero-order chi connectivity index (χ0) is 12.7. The smallest absolute Gasteiger partial charge is 0.140 e. The maximum Gasteiger partial charge on any atom is 0.140 e. The van der Waals surface area contributed by atoms with Crippen LogP contribution in [0.3, 0.4) is 0 Å². The maximum atomic E-state index is 8.62. The summed E-state index contributed by atoms with van der Waals surface area (Å²) in [7, 11) is 0. The van der Waals surface area contributed by atoms with Gasteiger partial charge in [0.1, 0.15) is 5.84 Å². The quantitative estimate of drug-likeness (QED) is 0.289. The molecule has 100 valence electrons. The average Bonchev–Trinajstić information content (AvgIpc) is 2.38. The van der Waals surface area contributed by atoms with Gasteiger partial charge in [0.2, 0.25) is 0 Å². The van der Waals surface area contributed by atoms with E-state index in [1.165, 1.54) is 32.1 Å². The lowest BCUT2D eigenvalue weighted by Crippen LogP contribution is -2.45. The van der Waals surface area contributed by atoms with Crippen molar-refractivity contribution in [1.29, 1.82) is 0 Å². The van der Waals surface area contributed by atoms with Gasteiger partial charge in [0, 0.05) is 18.5 Å². The fourth-order valence-electron chi connectivity index (χ4n) is 2.83. The van der Waals surface area contributed by atoms with Crippen molar-refractivity contribution in [3.8, 4) is 0 Å². The monoisotopic (exact) mass is 241 g/mol. The molecular weight excluding hydrogens is 214 g/mol. The molecule has 0 aromatic heterocycles. The number of hydrogen-bond acceptors (Lipinski definition) is 3. The molecule has 4 nitrogen and oxygen atoms in total. The molecule has 0 spiro atoms. The Hall–Kier alpha value is -0.770. The SMILES string of the molecule is CCC(CC(N)=NO)NC1CCCCC1CC. The summed E-state index contributed by atoms with van der Waals surface area (Å²) >= 11 is 0. The standard InChI is InChI=1S/C13H27N3O/c1-3-10-7-5-6-8-12(10)15-11(4-2)9-13(14)16-17/h10-12,15,17H,3-9H2,1-2H3,(H2,14,16). The minimum Gasteiger partial charge on any atom is -0.409 e. The number of nitrogens with two attached hydrogens (primary N) is 1. The Balaban J connectivity index is 2.47. The van der Waals surface area contributed by atoms with Crippen LogP contribution in [-0.4, -0.2) is 23.1 Å². The zero-order valence-electron chi connectivity index (χ0n) is 11.2. The van der Waals surface area contributed by atoms with Gasteiger partial charge in [-0.2, -0.15) is 0 Å². The van der Waals surface area contributed by atoms with Gasteiger partial charge in [-0.25, -0.2) is 0 Å². The van der Waals surface area contributed by atoms with E-state index in [1.807, 2.05) is 0 Å². The lowest BCUT2D eigenvalue weighted by atomic mass is 9.82. The van der Waals surface area contributed by atoms with E-state index in [1.54, 1.807) is 0 Å². The average molecular weight is 241 g/mol. The Morgan fingerprint density at radius 1 is 1.41 bits per heavy atom. The fraction of sp³-hybridized carbons (Fsp3) is 0.923. The van der Waals surface area contributed by atoms with Crippen LogP contribution in [0.2, 0.25) is 0 Å². The molecule has 4 heteroatoms. The van der Waals surface area contributed by atoms with Crippen LogP contribution in [0.1, 0.15) is 58.8 Å². The molecule has 0 heterocycles. The maximum absolute atomic E-state index is 8.62. The van der Waals surface area contributed by atoms with Crippen molar-refractivity contribution < 1.29 is 5.21 Å². The van der Waals surface area contributed by atoms with E-state index in [-0.39, 0.29) is 0 Å². The first-order chi connectivity index (χ1) is 8.21. The zero-order valence-corrected chi connectivity index (χ0v) is 11.2. The van der Waals surface area contributed by atoms with Crippen LogP contribution < -0.4 is 11.1 Å². The third kappa shape index (κ3) is 4.54. The third-order valence-electron chi connectivity index (χ3n) is 3.96. The Kier molecular flexibility index (Phi) is 6.34. The second-order valence-electron chi connectivity index (χ2n) is 5.13. The van der Waals surface area contributed by atoms with Crippen molar-refractivity contribution in [3.05, 3.63) is 0 Å². The molecule has 4 N–H and O–H groups in total. The van der Waals surface area contributed by atoms with E-state index < -0.39 is 0 Å². The van der Waals surface area contributed by atoms with Gasteiger partial charge >= 0.3 is 0 Å². The summed E-state index contributed by atoms with van der Waals surface area (Å²) in [5, 5.41) is 15.4. The molecule has 0 amide bonds. The highest BCUT2D eigenvalue weighted by atomic mass is 16.4. The first kappa shape index (κ1) is 14.3. The van der Waals surface area contributed by atoms with E-state index in [9.17, 15) is 0 Å². The number of nitrogens with one attached hydrogen (secondary N) is 1. The molecular formula is C13H27N3O. The van der Waals surface area contributed by atoms with Gasteiger partial charge in [-0.05, 0) is 25.2 Å². The van der Waals surface area contributed by atoms with Gasteiger partial charge in [0.25, 0.3) is 0 Å². The lowest BCUT2D eigenvalue weighted by Gasteiger charge is -2.34. The molecule has 3 atom stereocenters. The summed E-state index contributed by atoms with van der Waals surface area (Å²) in [5.74, 6) is 1.12. The van der Waals surface area contributed by atoms with Gasteiger partial charge < -0.3 is 16.3 Å². The minimum absolute atomic E-state index is 0.327. The molecule has 3 unspecified atom stereocenters. The number of oxime groups is 1. The predicted octanol–water partition coefficient (Wildman–Crippen LogP) is 2.46. The highest BCUT2D eigenvalue weighted by Gasteiger charge is 2.25. The second-order valence-corrected chi connectivity index (χ2v) is 5.13. The highest BCUT2D eigenvalue weighted by Crippen LogP contribution is 2.27. The van der Waals surface area contributed by atoms with Crippen molar-refractivity contribution in [3.63, 3.8) is 0 Å². The molecule has 1 rings (SSSR count). The van der Waals surface area contributed by atoms with Crippen molar-refractivity contribution in [2.75, 3.05) is 0 Å². The molecule has 0 aliphatic heterocycles. The summed E-state index contributed by atoms with van der Waals surface area (Å²) < 4.78 is 0. The van der Waals surface area contributed by atoms with Gasteiger partial charge in [-0.15, -0.1) is 0 Å². The first-order valence-electron chi connectivity index (χ1n) is 6.93. The molecule has 0 bridgehead atoms. The molecule has 0 radical (unpaired) electrons. The molecule has 0 saturated heterocycles. The van der Waals surface area contributed by atoms with Gasteiger partial charge in [0.15, 0.2) is 0 Å². The summed E-state index contributed by atoms with van der Waals surface area (Å²) in [6.07, 6.45) is 8.21. The summed E-state index contributed by atoms with van der Waals surface area (Å²) in [5.41, 5.74) is 5.58. The van der Waals surface area contributed by atoms with E-state index in [2.05, 4.69) is 24.3 Å². The van der Waals surface area contributed by atoms with Crippen LogP contribution in [0.5, 0.6) is 0 Å². The van der Waals surface area contributed by atoms with Crippen LogP contribution in [0, 0.1) is 5.92 Å². The van der Waals surface area contributed by atoms with Crippen molar-refractivity contribution in [1.82, 2.24) is 5.32 Å². The van der Waals surface area contributed by atoms with Crippen molar-refractivity contribution in [2.45, 2.75) is 70.9 Å². The largest absolute Gasteiger partial charge is 0.409 e. The summed E-state index contributed by atoms with van der Waals surface area (Å²) in [6.45, 7) is 4.42. The molecule has 17 heavy (non-hydrogen) atoms. The highest BCUT2D eigenvalue weighted by molar-refractivity contribution is 5.80. The number of amidine groups is 1. The summed E-state index contributed by atoms with van der Waals surface area (Å²) in [4.78, 5) is 0. The number of hydrogen-bond donors (Lipinski definition) is 3. The van der Waals surface area contributed by atoms with E-state index >= 15 is 0 Å². The van der Waals surface area contributed by atoms with Crippen molar-refractivity contribution >= 4 is 5.84 Å². The molecule has 1 saturated carbocycles. The Morgan fingerprint density at radius 3 is 2.71 bits per heavy atom. The topological polar surface area (TPSA) is 70.6 Å². The molecule has 1 aliphatic carbocycles. The van der Waals surface area contributed by atoms with E-state index in [4.69, 9.17) is 10.9 Å². The number of nitrogens with zero attached hydrogens (tertiary/aromatic N) is 1. The fourth-order valence-corrected chi connectivity index (χ4v) is 2.83. The Labute approximate surface area is 105 Å². The minimum atomic E-state index is 0.327. The second kappa shape index (κ2) is 7.54. The first-order valence-corrected chi connectivity index (χ1v) is 6.93. The van der Waals surface area contributed by atoms with Crippen LogP contribution in [0.25, 0.3) is 0 Å². The normalized spacial score (nSPS) is 28.0.